The molecule has 0 aliphatic carbocycles. The van der Waals surface area contributed by atoms with E-state index in [1.807, 2.05) is 30.3 Å². The molecule has 0 saturated carbocycles. The zero-order valence-electron chi connectivity index (χ0n) is 14.5. The van der Waals surface area contributed by atoms with Crippen molar-refractivity contribution in [1.82, 2.24) is 5.06 Å². The molecule has 0 radical (unpaired) electrons. The Bertz CT molecular complexity index is 695. The average Bonchev–Trinajstić information content (AvgIpc) is 3.00. The van der Waals surface area contributed by atoms with Crippen LogP contribution in [0, 0.1) is 0 Å². The third kappa shape index (κ3) is 5.11. The summed E-state index contributed by atoms with van der Waals surface area (Å²) in [7, 11) is 0. The minimum atomic E-state index is -0.851. The lowest BCUT2D eigenvalue weighted by molar-refractivity contribution is -0.229. The van der Waals surface area contributed by atoms with Gasteiger partial charge in [-0.1, -0.05) is 30.3 Å². The molecule has 2 fully saturated rings. The van der Waals surface area contributed by atoms with Gasteiger partial charge >= 0.3 is 11.9 Å². The van der Waals surface area contributed by atoms with E-state index in [2.05, 4.69) is 4.84 Å². The molecule has 1 aromatic rings. The van der Waals surface area contributed by atoms with Gasteiger partial charge in [-0.25, -0.2) is 4.79 Å². The van der Waals surface area contributed by atoms with Crippen molar-refractivity contribution in [2.75, 3.05) is 13.2 Å². The van der Waals surface area contributed by atoms with Crippen LogP contribution in [0.3, 0.4) is 0 Å². The van der Waals surface area contributed by atoms with Crippen LogP contribution in [0.25, 0.3) is 0 Å². The zero-order chi connectivity index (χ0) is 19.2. The van der Waals surface area contributed by atoms with E-state index in [1.165, 1.54) is 0 Å². The topological polar surface area (TPSA) is 108 Å². The molecule has 1 aromatic carbocycles. The summed E-state index contributed by atoms with van der Waals surface area (Å²) in [5.74, 6) is -2.61. The number of nitrogens with zero attached hydrogens (tertiary/aromatic N) is 1. The first-order valence-corrected chi connectivity index (χ1v) is 8.57. The highest BCUT2D eigenvalue weighted by atomic mass is 16.7. The first kappa shape index (κ1) is 19.0. The summed E-state index contributed by atoms with van der Waals surface area (Å²) in [6.07, 6.45) is -1.61. The minimum Gasteiger partial charge on any atom is -0.457 e. The Kier molecular flexibility index (Phi) is 6.15. The maximum atomic E-state index is 11.8. The molecule has 2 amide bonds. The van der Waals surface area contributed by atoms with Crippen LogP contribution in [0.15, 0.2) is 30.3 Å². The monoisotopic (exact) mass is 377 g/mol. The molecule has 0 unspecified atom stereocenters. The molecule has 2 aliphatic rings. The molecule has 0 spiro atoms. The molecule has 0 bridgehead atoms. The predicted octanol–water partition coefficient (Wildman–Crippen LogP) is 1.03. The van der Waals surface area contributed by atoms with E-state index in [4.69, 9.17) is 14.2 Å². The zero-order valence-corrected chi connectivity index (χ0v) is 14.5. The largest absolute Gasteiger partial charge is 0.457 e. The number of hydrogen-bond donors (Lipinski definition) is 0. The first-order chi connectivity index (χ1) is 13.0. The lowest BCUT2D eigenvalue weighted by atomic mass is 10.2. The van der Waals surface area contributed by atoms with Gasteiger partial charge in [0, 0.05) is 18.4 Å². The van der Waals surface area contributed by atoms with Crippen LogP contribution in [-0.4, -0.2) is 48.1 Å². The third-order valence-corrected chi connectivity index (χ3v) is 3.97. The van der Waals surface area contributed by atoms with Crippen molar-refractivity contribution in [3.8, 4) is 0 Å². The number of benzene rings is 1. The number of esters is 1. The number of hydrogen-bond acceptors (Lipinski definition) is 8. The van der Waals surface area contributed by atoms with Gasteiger partial charge in [-0.2, -0.15) is 0 Å². The predicted molar refractivity (Wildman–Crippen MR) is 87.4 cm³/mol. The SMILES string of the molecule is O=C(CCC(=O)ON1C(=O)CCC1=O)OC1COC(c2ccccc2)OC1. The van der Waals surface area contributed by atoms with Gasteiger partial charge in [0.2, 0.25) is 0 Å². The van der Waals surface area contributed by atoms with Crippen LogP contribution in [0.1, 0.15) is 37.5 Å². The van der Waals surface area contributed by atoms with Gasteiger partial charge in [0.05, 0.1) is 26.1 Å². The van der Waals surface area contributed by atoms with Crippen molar-refractivity contribution in [2.24, 2.45) is 0 Å². The van der Waals surface area contributed by atoms with Crippen molar-refractivity contribution < 1.29 is 38.2 Å². The van der Waals surface area contributed by atoms with E-state index in [0.29, 0.717) is 5.06 Å². The van der Waals surface area contributed by atoms with E-state index < -0.39 is 36.1 Å². The Hall–Kier alpha value is -2.78. The molecule has 2 aliphatic heterocycles. The lowest BCUT2D eigenvalue weighted by Gasteiger charge is -2.29. The van der Waals surface area contributed by atoms with Gasteiger partial charge in [-0.05, 0) is 0 Å². The van der Waals surface area contributed by atoms with E-state index in [9.17, 15) is 19.2 Å². The van der Waals surface area contributed by atoms with Crippen LogP contribution in [-0.2, 0) is 38.2 Å². The highest BCUT2D eigenvalue weighted by molar-refractivity contribution is 6.01. The Morgan fingerprint density at radius 2 is 1.56 bits per heavy atom. The molecule has 144 valence electrons. The van der Waals surface area contributed by atoms with E-state index in [-0.39, 0.29) is 38.9 Å². The summed E-state index contributed by atoms with van der Waals surface area (Å²) in [5.41, 5.74) is 0.871. The van der Waals surface area contributed by atoms with Gasteiger partial charge < -0.3 is 19.0 Å². The van der Waals surface area contributed by atoms with Crippen LogP contribution < -0.4 is 0 Å². The van der Waals surface area contributed by atoms with Crippen LogP contribution in [0.2, 0.25) is 0 Å². The Labute approximate surface area is 155 Å². The molecular formula is C18H19NO8. The molecule has 2 heterocycles. The number of amides is 2. The van der Waals surface area contributed by atoms with E-state index in [1.54, 1.807) is 0 Å². The van der Waals surface area contributed by atoms with Crippen molar-refractivity contribution in [3.05, 3.63) is 35.9 Å². The maximum Gasteiger partial charge on any atom is 0.333 e. The number of rotatable bonds is 6. The molecule has 9 heteroatoms. The van der Waals surface area contributed by atoms with Gasteiger partial charge in [-0.3, -0.25) is 14.4 Å². The fourth-order valence-electron chi connectivity index (χ4n) is 2.61. The fraction of sp³-hybridized carbons (Fsp3) is 0.444. The smallest absolute Gasteiger partial charge is 0.333 e. The van der Waals surface area contributed by atoms with Gasteiger partial charge in [0.1, 0.15) is 6.10 Å². The summed E-state index contributed by atoms with van der Waals surface area (Å²) in [4.78, 5) is 50.9. The minimum absolute atomic E-state index is 0.0137. The van der Waals surface area contributed by atoms with Crippen LogP contribution >= 0.6 is 0 Å². The fourth-order valence-corrected chi connectivity index (χ4v) is 2.61. The molecule has 9 nitrogen and oxygen atoms in total. The van der Waals surface area contributed by atoms with Crippen molar-refractivity contribution in [3.63, 3.8) is 0 Å². The van der Waals surface area contributed by atoms with Crippen molar-refractivity contribution in [2.45, 2.75) is 38.1 Å². The Morgan fingerprint density at radius 3 is 2.19 bits per heavy atom. The number of carbonyl (C=O) groups is 4. The van der Waals surface area contributed by atoms with Crippen LogP contribution in [0.5, 0.6) is 0 Å². The van der Waals surface area contributed by atoms with Gasteiger partial charge in [0.15, 0.2) is 6.29 Å². The molecule has 0 atom stereocenters. The van der Waals surface area contributed by atoms with Crippen molar-refractivity contribution in [1.29, 1.82) is 0 Å². The summed E-state index contributed by atoms with van der Waals surface area (Å²) in [6.45, 7) is 0.346. The number of imide groups is 1. The average molecular weight is 377 g/mol. The summed E-state index contributed by atoms with van der Waals surface area (Å²) >= 11 is 0. The molecule has 2 saturated heterocycles. The Morgan fingerprint density at radius 1 is 0.963 bits per heavy atom. The molecule has 0 aromatic heterocycles. The number of ether oxygens (including phenoxy) is 3. The summed E-state index contributed by atoms with van der Waals surface area (Å²) < 4.78 is 16.3. The third-order valence-electron chi connectivity index (χ3n) is 3.97. The maximum absolute atomic E-state index is 11.8. The van der Waals surface area contributed by atoms with E-state index in [0.717, 1.165) is 5.56 Å². The first-order valence-electron chi connectivity index (χ1n) is 8.57. The second kappa shape index (κ2) is 8.74. The summed E-state index contributed by atoms with van der Waals surface area (Å²) in [6, 6.07) is 9.38. The highest BCUT2D eigenvalue weighted by Gasteiger charge is 2.33. The lowest BCUT2D eigenvalue weighted by Crippen LogP contribution is -2.35. The molecule has 3 rings (SSSR count). The van der Waals surface area contributed by atoms with Gasteiger partial charge in [0.25, 0.3) is 11.8 Å². The highest BCUT2D eigenvalue weighted by Crippen LogP contribution is 2.23. The van der Waals surface area contributed by atoms with Crippen molar-refractivity contribution >= 4 is 23.8 Å². The molecule has 27 heavy (non-hydrogen) atoms. The second-order valence-electron chi connectivity index (χ2n) is 6.07. The normalized spacial score (nSPS) is 22.6. The summed E-state index contributed by atoms with van der Waals surface area (Å²) in [5, 5.41) is 0.445. The number of carbonyl (C=O) groups excluding carboxylic acids is 4. The molecule has 0 N–H and O–H groups in total. The Balaban J connectivity index is 1.36. The van der Waals surface area contributed by atoms with Crippen LogP contribution in [0.4, 0.5) is 0 Å². The van der Waals surface area contributed by atoms with E-state index >= 15 is 0 Å². The second-order valence-corrected chi connectivity index (χ2v) is 6.07. The molecular weight excluding hydrogens is 358 g/mol. The number of hydroxylamine groups is 2. The standard InChI is InChI=1S/C18H19NO8/c20-14-6-7-15(21)19(14)27-17(23)9-8-16(22)26-13-10-24-18(25-11-13)12-4-2-1-3-5-12/h1-5,13,18H,6-11H2. The van der Waals surface area contributed by atoms with Gasteiger partial charge in [-0.15, -0.1) is 5.06 Å². The quantitative estimate of drug-likeness (QED) is 0.534.